The molecule has 0 unspecified atom stereocenters. The zero-order valence-corrected chi connectivity index (χ0v) is 14.3. The van der Waals surface area contributed by atoms with Crippen LogP contribution in [0.2, 0.25) is 0 Å². The fraction of sp³-hybridized carbons (Fsp3) is 0.294. The van der Waals surface area contributed by atoms with E-state index in [-0.39, 0.29) is 16.8 Å². The van der Waals surface area contributed by atoms with E-state index < -0.39 is 5.91 Å². The number of primary amides is 1. The van der Waals surface area contributed by atoms with Crippen LogP contribution in [0.4, 0.5) is 10.3 Å². The van der Waals surface area contributed by atoms with Gasteiger partial charge < -0.3 is 11.1 Å². The summed E-state index contributed by atoms with van der Waals surface area (Å²) in [7, 11) is 0. The number of hydrogen-bond donors (Lipinski definition) is 2. The zero-order chi connectivity index (χ0) is 18.9. The molecule has 3 aromatic heterocycles. The van der Waals surface area contributed by atoms with Gasteiger partial charge in [0.15, 0.2) is 5.82 Å². The summed E-state index contributed by atoms with van der Waals surface area (Å²) in [5.41, 5.74) is 5.59. The van der Waals surface area contributed by atoms with Crippen molar-refractivity contribution in [2.75, 3.05) is 11.9 Å². The number of hydrogen-bond acceptors (Lipinski definition) is 7. The van der Waals surface area contributed by atoms with Gasteiger partial charge in [0.25, 0.3) is 5.91 Å². The number of nitrogens with one attached hydrogen (secondary N) is 1. The van der Waals surface area contributed by atoms with E-state index >= 15 is 0 Å². The van der Waals surface area contributed by atoms with Crippen LogP contribution < -0.4 is 11.1 Å². The Balaban J connectivity index is 1.47. The van der Waals surface area contributed by atoms with Crippen molar-refractivity contribution < 1.29 is 9.18 Å². The standard InChI is InChI=1S/C17H17FN8O/c18-12-3-1-6-20-14(12)17(4-2-5-17)10-22-16-21-8-13(24-25-16)26-9-11(7-23-26)15(19)27/h1,3,6-9H,2,4-5,10H2,(H2,19,27)(H,21,22,25). The van der Waals surface area contributed by atoms with E-state index in [1.54, 1.807) is 12.3 Å². The summed E-state index contributed by atoms with van der Waals surface area (Å²) < 4.78 is 15.5. The summed E-state index contributed by atoms with van der Waals surface area (Å²) >= 11 is 0. The minimum absolute atomic E-state index is 0.267. The van der Waals surface area contributed by atoms with E-state index in [2.05, 4.69) is 30.6 Å². The molecule has 1 amide bonds. The van der Waals surface area contributed by atoms with Crippen LogP contribution in [0.1, 0.15) is 35.3 Å². The maximum Gasteiger partial charge on any atom is 0.251 e. The summed E-state index contributed by atoms with van der Waals surface area (Å²) in [4.78, 5) is 19.6. The molecule has 0 aromatic carbocycles. The average molecular weight is 368 g/mol. The van der Waals surface area contributed by atoms with Crippen LogP contribution in [-0.2, 0) is 5.41 Å². The molecule has 0 radical (unpaired) electrons. The number of anilines is 1. The van der Waals surface area contributed by atoms with Crippen LogP contribution in [0, 0.1) is 5.82 Å². The van der Waals surface area contributed by atoms with E-state index in [0.717, 1.165) is 19.3 Å². The molecule has 0 saturated heterocycles. The first-order chi connectivity index (χ1) is 13.1. The average Bonchev–Trinajstić information content (AvgIpc) is 3.13. The van der Waals surface area contributed by atoms with E-state index in [4.69, 9.17) is 5.73 Å². The van der Waals surface area contributed by atoms with Crippen molar-refractivity contribution in [3.63, 3.8) is 0 Å². The van der Waals surface area contributed by atoms with Crippen molar-refractivity contribution in [2.24, 2.45) is 5.73 Å². The highest BCUT2D eigenvalue weighted by molar-refractivity contribution is 5.92. The summed E-state index contributed by atoms with van der Waals surface area (Å²) in [6.45, 7) is 0.468. The van der Waals surface area contributed by atoms with Gasteiger partial charge in [0.05, 0.1) is 23.7 Å². The van der Waals surface area contributed by atoms with Crippen LogP contribution >= 0.6 is 0 Å². The number of halogens is 1. The van der Waals surface area contributed by atoms with E-state index in [1.807, 2.05) is 0 Å². The van der Waals surface area contributed by atoms with Gasteiger partial charge in [-0.15, -0.1) is 10.2 Å². The molecule has 0 spiro atoms. The van der Waals surface area contributed by atoms with Crippen LogP contribution in [-0.4, -0.2) is 42.4 Å². The van der Waals surface area contributed by atoms with Gasteiger partial charge in [0.1, 0.15) is 5.82 Å². The Kier molecular flexibility index (Phi) is 4.22. The first kappa shape index (κ1) is 17.0. The molecule has 1 saturated carbocycles. The van der Waals surface area contributed by atoms with Crippen LogP contribution in [0.15, 0.2) is 36.9 Å². The lowest BCUT2D eigenvalue weighted by atomic mass is 9.66. The van der Waals surface area contributed by atoms with E-state index in [0.29, 0.717) is 24.0 Å². The molecule has 3 heterocycles. The minimum atomic E-state index is -0.576. The highest BCUT2D eigenvalue weighted by Gasteiger charge is 2.41. The molecular weight excluding hydrogens is 351 g/mol. The van der Waals surface area contributed by atoms with Crippen molar-refractivity contribution in [3.8, 4) is 5.82 Å². The molecule has 1 aliphatic rings. The van der Waals surface area contributed by atoms with Gasteiger partial charge in [-0.2, -0.15) is 5.10 Å². The SMILES string of the molecule is NC(=O)c1cnn(-c2cnc(NCC3(c4ncccc4F)CCC3)nn2)c1. The molecule has 9 nitrogen and oxygen atoms in total. The maximum absolute atomic E-state index is 14.2. The Morgan fingerprint density at radius 2 is 2.15 bits per heavy atom. The molecule has 3 N–H and O–H groups in total. The number of rotatable bonds is 6. The number of nitrogens with zero attached hydrogens (tertiary/aromatic N) is 6. The topological polar surface area (TPSA) is 125 Å². The quantitative estimate of drug-likeness (QED) is 0.670. The Hall–Kier alpha value is -3.43. The highest BCUT2D eigenvalue weighted by Crippen LogP contribution is 2.43. The van der Waals surface area contributed by atoms with Gasteiger partial charge >= 0.3 is 0 Å². The van der Waals surface area contributed by atoms with Gasteiger partial charge in [0.2, 0.25) is 5.95 Å². The highest BCUT2D eigenvalue weighted by atomic mass is 19.1. The van der Waals surface area contributed by atoms with Crippen LogP contribution in [0.25, 0.3) is 5.82 Å². The van der Waals surface area contributed by atoms with Crippen molar-refractivity contribution in [1.29, 1.82) is 0 Å². The van der Waals surface area contributed by atoms with Crippen molar-refractivity contribution in [2.45, 2.75) is 24.7 Å². The molecule has 0 aliphatic heterocycles. The lowest BCUT2D eigenvalue weighted by Crippen LogP contribution is -2.42. The second kappa shape index (κ2) is 6.71. The summed E-state index contributed by atoms with van der Waals surface area (Å²) in [5.74, 6) is -0.198. The molecule has 0 atom stereocenters. The Morgan fingerprint density at radius 3 is 2.74 bits per heavy atom. The van der Waals surface area contributed by atoms with Crippen LogP contribution in [0.3, 0.4) is 0 Å². The zero-order valence-electron chi connectivity index (χ0n) is 14.3. The van der Waals surface area contributed by atoms with Crippen molar-refractivity contribution in [1.82, 2.24) is 29.9 Å². The van der Waals surface area contributed by atoms with E-state index in [9.17, 15) is 9.18 Å². The third-order valence-corrected chi connectivity index (χ3v) is 4.81. The third kappa shape index (κ3) is 3.21. The molecule has 0 bridgehead atoms. The molecule has 27 heavy (non-hydrogen) atoms. The largest absolute Gasteiger partial charge is 0.366 e. The normalized spacial score (nSPS) is 15.1. The van der Waals surface area contributed by atoms with Gasteiger partial charge in [-0.25, -0.2) is 14.1 Å². The van der Waals surface area contributed by atoms with Gasteiger partial charge in [-0.1, -0.05) is 6.42 Å². The molecule has 1 aliphatic carbocycles. The first-order valence-corrected chi connectivity index (χ1v) is 8.47. The summed E-state index contributed by atoms with van der Waals surface area (Å²) in [6, 6.07) is 3.02. The molecule has 10 heteroatoms. The Labute approximate surface area is 153 Å². The number of pyridine rings is 1. The molecule has 138 valence electrons. The molecule has 4 rings (SSSR count). The van der Waals surface area contributed by atoms with Crippen molar-refractivity contribution >= 4 is 11.9 Å². The first-order valence-electron chi connectivity index (χ1n) is 8.47. The predicted octanol–water partition coefficient (Wildman–Crippen LogP) is 1.22. The van der Waals surface area contributed by atoms with Gasteiger partial charge in [-0.3, -0.25) is 9.78 Å². The van der Waals surface area contributed by atoms with E-state index in [1.165, 1.54) is 29.3 Å². The minimum Gasteiger partial charge on any atom is -0.366 e. The lowest BCUT2D eigenvalue weighted by Gasteiger charge is -2.41. The lowest BCUT2D eigenvalue weighted by molar-refractivity contribution is 0.100. The number of nitrogens with two attached hydrogens (primary N) is 1. The predicted molar refractivity (Wildman–Crippen MR) is 93.7 cm³/mol. The third-order valence-electron chi connectivity index (χ3n) is 4.81. The second-order valence-electron chi connectivity index (χ2n) is 6.50. The fourth-order valence-electron chi connectivity index (χ4n) is 3.16. The number of aromatic nitrogens is 6. The summed E-state index contributed by atoms with van der Waals surface area (Å²) in [6.07, 6.45) is 8.60. The maximum atomic E-state index is 14.2. The van der Waals surface area contributed by atoms with Gasteiger partial charge in [-0.05, 0) is 25.0 Å². The Morgan fingerprint density at radius 1 is 1.30 bits per heavy atom. The smallest absolute Gasteiger partial charge is 0.251 e. The molecule has 1 fully saturated rings. The van der Waals surface area contributed by atoms with Crippen LogP contribution in [0.5, 0.6) is 0 Å². The number of amides is 1. The monoisotopic (exact) mass is 368 g/mol. The Bertz CT molecular complexity index is 967. The number of carbonyl (C=O) groups excluding carboxylic acids is 1. The second-order valence-corrected chi connectivity index (χ2v) is 6.50. The fourth-order valence-corrected chi connectivity index (χ4v) is 3.16. The number of carbonyl (C=O) groups is 1. The van der Waals surface area contributed by atoms with Gasteiger partial charge in [0, 0.05) is 24.4 Å². The molecular formula is C17H17FN8O. The summed E-state index contributed by atoms with van der Waals surface area (Å²) in [5, 5.41) is 15.2. The van der Waals surface area contributed by atoms with Crippen molar-refractivity contribution in [3.05, 3.63) is 54.0 Å². The molecule has 3 aromatic rings.